The second kappa shape index (κ2) is 6.21. The summed E-state index contributed by atoms with van der Waals surface area (Å²) >= 11 is 1.78. The van der Waals surface area contributed by atoms with E-state index in [0.29, 0.717) is 5.56 Å². The third-order valence-corrected chi connectivity index (χ3v) is 3.24. The molecular weight excluding hydrogens is 244 g/mol. The summed E-state index contributed by atoms with van der Waals surface area (Å²) in [6.45, 7) is 2.11. The van der Waals surface area contributed by atoms with Gasteiger partial charge in [0.15, 0.2) is 0 Å². The average Bonchev–Trinajstić information content (AvgIpc) is 2.42. The van der Waals surface area contributed by atoms with E-state index in [4.69, 9.17) is 0 Å². The van der Waals surface area contributed by atoms with E-state index in [0.717, 1.165) is 11.4 Å². The number of carbonyl (C=O) groups excluding carboxylic acids is 1. The van der Waals surface area contributed by atoms with Gasteiger partial charge in [0, 0.05) is 23.0 Å². The van der Waals surface area contributed by atoms with Gasteiger partial charge in [-0.25, -0.2) is 0 Å². The van der Waals surface area contributed by atoms with Crippen LogP contribution in [0, 0.1) is 0 Å². The number of thioether (sulfide) groups is 1. The number of rotatable bonds is 4. The Balaban J connectivity index is 2.03. The molecule has 2 rings (SSSR count). The summed E-state index contributed by atoms with van der Waals surface area (Å²) in [7, 11) is 0. The van der Waals surface area contributed by atoms with Crippen molar-refractivity contribution in [3.63, 3.8) is 0 Å². The number of aromatic nitrogens is 1. The Morgan fingerprint density at radius 2 is 2.06 bits per heavy atom. The maximum Gasteiger partial charge on any atom is 0.257 e. The van der Waals surface area contributed by atoms with Gasteiger partial charge in [-0.1, -0.05) is 6.92 Å². The van der Waals surface area contributed by atoms with Crippen LogP contribution in [-0.4, -0.2) is 16.6 Å². The molecule has 1 aromatic carbocycles. The molecule has 1 amide bonds. The highest BCUT2D eigenvalue weighted by atomic mass is 32.2. The molecular formula is C14H14N2OS. The zero-order valence-corrected chi connectivity index (χ0v) is 10.9. The molecule has 0 spiro atoms. The van der Waals surface area contributed by atoms with Crippen LogP contribution in [0.1, 0.15) is 17.3 Å². The molecule has 0 aliphatic rings. The Morgan fingerprint density at radius 3 is 2.67 bits per heavy atom. The molecule has 1 aromatic heterocycles. The molecule has 0 unspecified atom stereocenters. The third-order valence-electron chi connectivity index (χ3n) is 2.35. The van der Waals surface area contributed by atoms with Crippen LogP contribution in [0.15, 0.2) is 53.7 Å². The molecule has 0 fully saturated rings. The zero-order valence-electron chi connectivity index (χ0n) is 10.1. The molecule has 2 aromatic rings. The topological polar surface area (TPSA) is 42.0 Å². The summed E-state index contributed by atoms with van der Waals surface area (Å²) in [5.74, 6) is 0.903. The van der Waals surface area contributed by atoms with Crippen molar-refractivity contribution in [2.75, 3.05) is 11.1 Å². The number of anilines is 1. The minimum absolute atomic E-state index is 0.140. The Labute approximate surface area is 111 Å². The standard InChI is InChI=1S/C14H14N2OS/c1-2-18-13-7-5-12(6-8-13)16-14(17)11-4-3-9-15-10-11/h3-10H,2H2,1H3,(H,16,17). The molecule has 0 saturated heterocycles. The minimum atomic E-state index is -0.140. The van der Waals surface area contributed by atoms with Gasteiger partial charge in [-0.2, -0.15) is 0 Å². The van der Waals surface area contributed by atoms with Gasteiger partial charge in [-0.3, -0.25) is 9.78 Å². The van der Waals surface area contributed by atoms with E-state index in [2.05, 4.69) is 17.2 Å². The molecule has 1 heterocycles. The first kappa shape index (κ1) is 12.6. The SMILES string of the molecule is CCSc1ccc(NC(=O)c2cccnc2)cc1. The molecule has 0 atom stereocenters. The monoisotopic (exact) mass is 258 g/mol. The molecule has 0 radical (unpaired) electrons. The van der Waals surface area contributed by atoms with Crippen molar-refractivity contribution in [3.05, 3.63) is 54.4 Å². The van der Waals surface area contributed by atoms with Crippen molar-refractivity contribution in [1.29, 1.82) is 0 Å². The Kier molecular flexibility index (Phi) is 4.36. The summed E-state index contributed by atoms with van der Waals surface area (Å²) < 4.78 is 0. The van der Waals surface area contributed by atoms with Gasteiger partial charge in [0.05, 0.1) is 5.56 Å². The lowest BCUT2D eigenvalue weighted by Crippen LogP contribution is -2.11. The van der Waals surface area contributed by atoms with Crippen molar-refractivity contribution >= 4 is 23.4 Å². The molecule has 0 aliphatic heterocycles. The Bertz CT molecular complexity index is 511. The normalized spacial score (nSPS) is 10.1. The summed E-state index contributed by atoms with van der Waals surface area (Å²) in [5, 5.41) is 2.84. The van der Waals surface area contributed by atoms with Gasteiger partial charge in [0.2, 0.25) is 0 Å². The van der Waals surface area contributed by atoms with Crippen molar-refractivity contribution in [2.24, 2.45) is 0 Å². The van der Waals surface area contributed by atoms with Gasteiger partial charge in [-0.15, -0.1) is 11.8 Å². The number of benzene rings is 1. The first-order valence-electron chi connectivity index (χ1n) is 5.74. The van der Waals surface area contributed by atoms with Crippen LogP contribution in [0.3, 0.4) is 0 Å². The summed E-state index contributed by atoms with van der Waals surface area (Å²) in [6, 6.07) is 11.3. The molecule has 0 saturated carbocycles. The second-order valence-corrected chi connectivity index (χ2v) is 4.99. The van der Waals surface area contributed by atoms with Crippen molar-refractivity contribution < 1.29 is 4.79 Å². The van der Waals surface area contributed by atoms with Crippen LogP contribution < -0.4 is 5.32 Å². The fraction of sp³-hybridized carbons (Fsp3) is 0.143. The van der Waals surface area contributed by atoms with Gasteiger partial charge in [0.1, 0.15) is 0 Å². The van der Waals surface area contributed by atoms with E-state index < -0.39 is 0 Å². The Hall–Kier alpha value is -1.81. The lowest BCUT2D eigenvalue weighted by Gasteiger charge is -2.05. The minimum Gasteiger partial charge on any atom is -0.322 e. The summed E-state index contributed by atoms with van der Waals surface area (Å²) in [5.41, 5.74) is 1.36. The zero-order chi connectivity index (χ0) is 12.8. The molecule has 3 nitrogen and oxygen atoms in total. The highest BCUT2D eigenvalue weighted by molar-refractivity contribution is 7.99. The van der Waals surface area contributed by atoms with Crippen molar-refractivity contribution in [2.45, 2.75) is 11.8 Å². The van der Waals surface area contributed by atoms with Crippen LogP contribution in [-0.2, 0) is 0 Å². The molecule has 0 aliphatic carbocycles. The largest absolute Gasteiger partial charge is 0.322 e. The summed E-state index contributed by atoms with van der Waals surface area (Å²) in [6.07, 6.45) is 3.20. The van der Waals surface area contributed by atoms with Crippen LogP contribution in [0.4, 0.5) is 5.69 Å². The lowest BCUT2D eigenvalue weighted by molar-refractivity contribution is 0.102. The molecule has 18 heavy (non-hydrogen) atoms. The van der Waals surface area contributed by atoms with Crippen LogP contribution in [0.5, 0.6) is 0 Å². The maximum atomic E-state index is 11.9. The molecule has 0 bridgehead atoms. The number of amides is 1. The maximum absolute atomic E-state index is 11.9. The third kappa shape index (κ3) is 3.34. The number of nitrogens with zero attached hydrogens (tertiary/aromatic N) is 1. The molecule has 1 N–H and O–H groups in total. The average molecular weight is 258 g/mol. The quantitative estimate of drug-likeness (QED) is 0.854. The van der Waals surface area contributed by atoms with E-state index in [1.54, 1.807) is 36.3 Å². The number of pyridine rings is 1. The fourth-order valence-electron chi connectivity index (χ4n) is 1.50. The van der Waals surface area contributed by atoms with Crippen LogP contribution >= 0.6 is 11.8 Å². The highest BCUT2D eigenvalue weighted by Crippen LogP contribution is 2.20. The van der Waals surface area contributed by atoms with Gasteiger partial charge in [-0.05, 0) is 42.2 Å². The highest BCUT2D eigenvalue weighted by Gasteiger charge is 2.05. The van der Waals surface area contributed by atoms with Crippen LogP contribution in [0.2, 0.25) is 0 Å². The van der Waals surface area contributed by atoms with E-state index in [9.17, 15) is 4.79 Å². The number of hydrogen-bond acceptors (Lipinski definition) is 3. The second-order valence-electron chi connectivity index (χ2n) is 3.65. The smallest absolute Gasteiger partial charge is 0.257 e. The molecule has 92 valence electrons. The van der Waals surface area contributed by atoms with E-state index in [1.165, 1.54) is 4.90 Å². The van der Waals surface area contributed by atoms with Crippen molar-refractivity contribution in [1.82, 2.24) is 4.98 Å². The number of nitrogens with one attached hydrogen (secondary N) is 1. The number of carbonyl (C=O) groups is 1. The number of hydrogen-bond donors (Lipinski definition) is 1. The van der Waals surface area contributed by atoms with E-state index in [1.807, 2.05) is 24.3 Å². The van der Waals surface area contributed by atoms with Gasteiger partial charge in [0.25, 0.3) is 5.91 Å². The molecule has 4 heteroatoms. The van der Waals surface area contributed by atoms with Gasteiger partial charge < -0.3 is 5.32 Å². The van der Waals surface area contributed by atoms with E-state index in [-0.39, 0.29) is 5.91 Å². The van der Waals surface area contributed by atoms with Crippen LogP contribution in [0.25, 0.3) is 0 Å². The van der Waals surface area contributed by atoms with E-state index >= 15 is 0 Å². The predicted octanol–water partition coefficient (Wildman–Crippen LogP) is 3.45. The first-order valence-corrected chi connectivity index (χ1v) is 6.72. The van der Waals surface area contributed by atoms with Gasteiger partial charge >= 0.3 is 0 Å². The lowest BCUT2D eigenvalue weighted by atomic mass is 10.2. The first-order chi connectivity index (χ1) is 8.79. The predicted molar refractivity (Wildman–Crippen MR) is 75.0 cm³/mol. The van der Waals surface area contributed by atoms with Crippen molar-refractivity contribution in [3.8, 4) is 0 Å². The Morgan fingerprint density at radius 1 is 1.28 bits per heavy atom. The fourth-order valence-corrected chi connectivity index (χ4v) is 2.16. The summed E-state index contributed by atoms with van der Waals surface area (Å²) in [4.78, 5) is 17.0.